The van der Waals surface area contributed by atoms with Crippen molar-refractivity contribution in [3.05, 3.63) is 5.28 Å². The first-order valence-corrected chi connectivity index (χ1v) is 7.45. The van der Waals surface area contributed by atoms with Crippen LogP contribution in [0.5, 0.6) is 0 Å². The van der Waals surface area contributed by atoms with Crippen molar-refractivity contribution in [2.45, 2.75) is 58.9 Å². The Morgan fingerprint density at radius 3 is 2.47 bits per heavy atom. The van der Waals surface area contributed by atoms with Crippen LogP contribution >= 0.6 is 11.6 Å². The largest absolute Gasteiger partial charge is 0.354 e. The molecule has 0 fully saturated rings. The van der Waals surface area contributed by atoms with E-state index in [1.807, 2.05) is 0 Å². The van der Waals surface area contributed by atoms with Gasteiger partial charge in [0.1, 0.15) is 0 Å². The molecule has 108 valence electrons. The molecule has 0 aliphatic heterocycles. The molecule has 1 aromatic heterocycles. The lowest BCUT2D eigenvalue weighted by Gasteiger charge is -2.14. The molecule has 1 heterocycles. The Morgan fingerprint density at radius 1 is 1.05 bits per heavy atom. The van der Waals surface area contributed by atoms with E-state index in [2.05, 4.69) is 46.4 Å². The third kappa shape index (κ3) is 6.57. The summed E-state index contributed by atoms with van der Waals surface area (Å²) in [5.74, 6) is 1.08. The summed E-state index contributed by atoms with van der Waals surface area (Å²) >= 11 is 5.90. The van der Waals surface area contributed by atoms with E-state index in [4.69, 9.17) is 11.6 Å². The highest BCUT2D eigenvalue weighted by Crippen LogP contribution is 2.12. The second-order valence-corrected chi connectivity index (χ2v) is 5.06. The predicted molar refractivity (Wildman–Crippen MR) is 80.8 cm³/mol. The van der Waals surface area contributed by atoms with E-state index in [-0.39, 0.29) is 5.28 Å². The SMILES string of the molecule is CCCCCC(C)Nc1nc(Cl)nc(NCCC)n1. The van der Waals surface area contributed by atoms with Gasteiger partial charge >= 0.3 is 0 Å². The second-order valence-electron chi connectivity index (χ2n) is 4.72. The first-order valence-electron chi connectivity index (χ1n) is 7.07. The van der Waals surface area contributed by atoms with Gasteiger partial charge in [0, 0.05) is 12.6 Å². The van der Waals surface area contributed by atoms with Crippen LogP contribution in [0.15, 0.2) is 0 Å². The quantitative estimate of drug-likeness (QED) is 0.677. The molecular formula is C13H24ClN5. The average molecular weight is 286 g/mol. The zero-order valence-corrected chi connectivity index (χ0v) is 12.8. The maximum atomic E-state index is 5.90. The zero-order valence-electron chi connectivity index (χ0n) is 12.0. The Bertz CT molecular complexity index is 372. The van der Waals surface area contributed by atoms with Crippen LogP contribution in [0.4, 0.5) is 11.9 Å². The fourth-order valence-electron chi connectivity index (χ4n) is 1.72. The third-order valence-corrected chi connectivity index (χ3v) is 2.93. The van der Waals surface area contributed by atoms with Crippen LogP contribution in [0.25, 0.3) is 0 Å². The van der Waals surface area contributed by atoms with Crippen molar-refractivity contribution in [1.82, 2.24) is 15.0 Å². The molecule has 0 aliphatic rings. The van der Waals surface area contributed by atoms with E-state index in [1.54, 1.807) is 0 Å². The number of halogens is 1. The average Bonchev–Trinajstić information content (AvgIpc) is 2.36. The molecule has 0 saturated carbocycles. The van der Waals surface area contributed by atoms with Gasteiger partial charge in [-0.1, -0.05) is 33.1 Å². The minimum Gasteiger partial charge on any atom is -0.354 e. The highest BCUT2D eigenvalue weighted by Gasteiger charge is 2.07. The van der Waals surface area contributed by atoms with Gasteiger partial charge in [-0.05, 0) is 31.4 Å². The van der Waals surface area contributed by atoms with E-state index in [0.29, 0.717) is 17.9 Å². The summed E-state index contributed by atoms with van der Waals surface area (Å²) in [6, 6.07) is 0.337. The summed E-state index contributed by atoms with van der Waals surface area (Å²) in [6.45, 7) is 7.25. The Kier molecular flexibility index (Phi) is 7.48. The van der Waals surface area contributed by atoms with Crippen molar-refractivity contribution in [2.75, 3.05) is 17.2 Å². The standard InChI is InChI=1S/C13H24ClN5/c1-4-6-7-8-10(3)16-13-18-11(14)17-12(19-13)15-9-5-2/h10H,4-9H2,1-3H3,(H2,15,16,17,18,19). The zero-order chi connectivity index (χ0) is 14.1. The number of unbranched alkanes of at least 4 members (excludes halogenated alkanes) is 2. The van der Waals surface area contributed by atoms with E-state index in [1.165, 1.54) is 19.3 Å². The molecule has 6 heteroatoms. The fourth-order valence-corrected chi connectivity index (χ4v) is 1.88. The molecule has 1 unspecified atom stereocenters. The third-order valence-electron chi connectivity index (χ3n) is 2.76. The van der Waals surface area contributed by atoms with Crippen molar-refractivity contribution in [3.63, 3.8) is 0 Å². The van der Waals surface area contributed by atoms with Crippen molar-refractivity contribution in [1.29, 1.82) is 0 Å². The first-order chi connectivity index (χ1) is 9.15. The number of rotatable bonds is 9. The van der Waals surface area contributed by atoms with Gasteiger partial charge in [0.05, 0.1) is 0 Å². The fraction of sp³-hybridized carbons (Fsp3) is 0.769. The van der Waals surface area contributed by atoms with Crippen molar-refractivity contribution in [2.24, 2.45) is 0 Å². The lowest BCUT2D eigenvalue weighted by molar-refractivity contribution is 0.612. The summed E-state index contributed by atoms with van der Waals surface area (Å²) < 4.78 is 0. The van der Waals surface area contributed by atoms with Crippen molar-refractivity contribution >= 4 is 23.5 Å². The molecule has 19 heavy (non-hydrogen) atoms. The number of hydrogen-bond donors (Lipinski definition) is 2. The van der Waals surface area contributed by atoms with Gasteiger partial charge < -0.3 is 10.6 Å². The topological polar surface area (TPSA) is 62.7 Å². The van der Waals surface area contributed by atoms with Gasteiger partial charge in [-0.2, -0.15) is 15.0 Å². The number of nitrogens with zero attached hydrogens (tertiary/aromatic N) is 3. The van der Waals surface area contributed by atoms with E-state index < -0.39 is 0 Å². The van der Waals surface area contributed by atoms with Gasteiger partial charge in [-0.15, -0.1) is 0 Å². The van der Waals surface area contributed by atoms with Gasteiger partial charge in [0.15, 0.2) is 0 Å². The summed E-state index contributed by atoms with van der Waals surface area (Å²) in [6.07, 6.45) is 5.82. The normalized spacial score (nSPS) is 12.2. The van der Waals surface area contributed by atoms with Crippen LogP contribution in [0.2, 0.25) is 5.28 Å². The van der Waals surface area contributed by atoms with Gasteiger partial charge in [0.25, 0.3) is 0 Å². The molecular weight excluding hydrogens is 262 g/mol. The maximum absolute atomic E-state index is 5.90. The molecule has 5 nitrogen and oxygen atoms in total. The number of hydrogen-bond acceptors (Lipinski definition) is 5. The molecule has 0 radical (unpaired) electrons. The lowest BCUT2D eigenvalue weighted by atomic mass is 10.1. The Hall–Kier alpha value is -1.10. The summed E-state index contributed by atoms with van der Waals surface area (Å²) in [5.41, 5.74) is 0. The van der Waals surface area contributed by atoms with Crippen LogP contribution in [0.3, 0.4) is 0 Å². The minimum absolute atomic E-state index is 0.219. The van der Waals surface area contributed by atoms with E-state index >= 15 is 0 Å². The molecule has 0 aromatic carbocycles. The number of anilines is 2. The molecule has 1 atom stereocenters. The maximum Gasteiger partial charge on any atom is 0.229 e. The van der Waals surface area contributed by atoms with Crippen LogP contribution in [0, 0.1) is 0 Å². The van der Waals surface area contributed by atoms with Crippen LogP contribution in [0.1, 0.15) is 52.9 Å². The highest BCUT2D eigenvalue weighted by molar-refractivity contribution is 6.28. The second kappa shape index (κ2) is 8.91. The Balaban J connectivity index is 2.54. The smallest absolute Gasteiger partial charge is 0.229 e. The van der Waals surface area contributed by atoms with Crippen molar-refractivity contribution in [3.8, 4) is 0 Å². The molecule has 0 saturated heterocycles. The van der Waals surface area contributed by atoms with Crippen molar-refractivity contribution < 1.29 is 0 Å². The minimum atomic E-state index is 0.219. The Labute approximate surface area is 120 Å². The van der Waals surface area contributed by atoms with Crippen LogP contribution in [-0.2, 0) is 0 Å². The molecule has 1 rings (SSSR count). The molecule has 0 spiro atoms. The monoisotopic (exact) mass is 285 g/mol. The molecule has 2 N–H and O–H groups in total. The van der Waals surface area contributed by atoms with E-state index in [9.17, 15) is 0 Å². The predicted octanol–water partition coefficient (Wildman–Crippen LogP) is 3.73. The number of aromatic nitrogens is 3. The molecule has 0 bridgehead atoms. The lowest BCUT2D eigenvalue weighted by Crippen LogP contribution is -2.18. The first kappa shape index (κ1) is 16.0. The van der Waals surface area contributed by atoms with Gasteiger partial charge in [-0.25, -0.2) is 0 Å². The summed E-state index contributed by atoms with van der Waals surface area (Å²) in [4.78, 5) is 12.5. The molecule has 1 aromatic rings. The van der Waals surface area contributed by atoms with E-state index in [0.717, 1.165) is 19.4 Å². The number of nitrogens with one attached hydrogen (secondary N) is 2. The van der Waals surface area contributed by atoms with Crippen LogP contribution < -0.4 is 10.6 Å². The van der Waals surface area contributed by atoms with Gasteiger partial charge in [-0.3, -0.25) is 0 Å². The summed E-state index contributed by atoms with van der Waals surface area (Å²) in [7, 11) is 0. The van der Waals surface area contributed by atoms with Crippen LogP contribution in [-0.4, -0.2) is 27.5 Å². The Morgan fingerprint density at radius 2 is 1.79 bits per heavy atom. The molecule has 0 aliphatic carbocycles. The highest BCUT2D eigenvalue weighted by atomic mass is 35.5. The molecule has 0 amide bonds. The van der Waals surface area contributed by atoms with Gasteiger partial charge in [0.2, 0.25) is 17.2 Å². The summed E-state index contributed by atoms with van der Waals surface area (Å²) in [5, 5.41) is 6.61.